The molecule has 3 rings (SSSR count). The van der Waals surface area contributed by atoms with Crippen molar-refractivity contribution in [1.29, 1.82) is 0 Å². The number of likely N-dealkylation sites (N-methyl/N-ethyl adjacent to an activating group) is 1. The lowest BCUT2D eigenvalue weighted by Crippen LogP contribution is -2.12. The second-order valence-corrected chi connectivity index (χ2v) is 5.66. The van der Waals surface area contributed by atoms with Gasteiger partial charge in [0.25, 0.3) is 0 Å². The van der Waals surface area contributed by atoms with Gasteiger partial charge in [-0.1, -0.05) is 18.2 Å². The van der Waals surface area contributed by atoms with Gasteiger partial charge < -0.3 is 4.90 Å². The molecule has 0 radical (unpaired) electrons. The first kappa shape index (κ1) is 13.4. The number of hydrogen-bond acceptors (Lipinski definition) is 1. The van der Waals surface area contributed by atoms with Gasteiger partial charge in [-0.15, -0.1) is 0 Å². The molecule has 0 heterocycles. The molecule has 2 aliphatic carbocycles. The monoisotopic (exact) mass is 279 g/mol. The highest BCUT2D eigenvalue weighted by Crippen LogP contribution is 2.55. The van der Waals surface area contributed by atoms with E-state index in [1.165, 1.54) is 11.1 Å². The minimum atomic E-state index is -4.26. The molecule has 20 heavy (non-hydrogen) atoms. The van der Waals surface area contributed by atoms with Gasteiger partial charge in [0.1, 0.15) is 0 Å². The zero-order valence-corrected chi connectivity index (χ0v) is 11.5. The standard InChI is InChI=1S/C16H16F3N/c1-20(2)9-14-13-8-7-12(15(13)14)10-3-5-11(6-4-10)16(17,18)19/h3-7,13H,8-9H2,1-2H3. The van der Waals surface area contributed by atoms with E-state index in [1.807, 2.05) is 14.1 Å². The predicted molar refractivity (Wildman–Crippen MR) is 73.1 cm³/mol. The molecule has 1 atom stereocenters. The average molecular weight is 279 g/mol. The molecule has 0 N–H and O–H groups in total. The Morgan fingerprint density at radius 1 is 1.15 bits per heavy atom. The van der Waals surface area contributed by atoms with Crippen molar-refractivity contribution in [2.24, 2.45) is 5.92 Å². The summed E-state index contributed by atoms with van der Waals surface area (Å²) >= 11 is 0. The van der Waals surface area contributed by atoms with Crippen LogP contribution < -0.4 is 0 Å². The SMILES string of the molecule is CN(C)CC1=C2C(c3ccc(C(F)(F)F)cc3)=CCC12. The minimum Gasteiger partial charge on any atom is -0.305 e. The Hall–Kier alpha value is -1.55. The summed E-state index contributed by atoms with van der Waals surface area (Å²) in [5.74, 6) is 0.537. The van der Waals surface area contributed by atoms with Crippen LogP contribution in [0.25, 0.3) is 5.57 Å². The molecule has 106 valence electrons. The van der Waals surface area contributed by atoms with Gasteiger partial charge in [0.05, 0.1) is 5.56 Å². The van der Waals surface area contributed by atoms with Crippen molar-refractivity contribution >= 4 is 5.57 Å². The first-order valence-corrected chi connectivity index (χ1v) is 6.64. The third-order valence-electron chi connectivity index (χ3n) is 3.89. The second kappa shape index (κ2) is 4.48. The van der Waals surface area contributed by atoms with Crippen LogP contribution in [0.4, 0.5) is 13.2 Å². The maximum absolute atomic E-state index is 12.6. The smallest absolute Gasteiger partial charge is 0.305 e. The number of allylic oxidation sites excluding steroid dienone is 3. The molecule has 0 spiro atoms. The molecule has 4 heteroatoms. The molecule has 0 amide bonds. The van der Waals surface area contributed by atoms with E-state index in [1.54, 1.807) is 12.1 Å². The maximum Gasteiger partial charge on any atom is 0.416 e. The van der Waals surface area contributed by atoms with Crippen LogP contribution in [0, 0.1) is 5.92 Å². The minimum absolute atomic E-state index is 0.537. The number of halogens is 3. The van der Waals surface area contributed by atoms with E-state index in [0.29, 0.717) is 5.92 Å². The normalized spacial score (nSPS) is 21.3. The number of nitrogens with zero attached hydrogens (tertiary/aromatic N) is 1. The molecular weight excluding hydrogens is 263 g/mol. The van der Waals surface area contributed by atoms with Gasteiger partial charge in [0, 0.05) is 12.5 Å². The van der Waals surface area contributed by atoms with E-state index in [0.717, 1.165) is 36.2 Å². The van der Waals surface area contributed by atoms with Crippen LogP contribution >= 0.6 is 0 Å². The van der Waals surface area contributed by atoms with Gasteiger partial charge in [-0.2, -0.15) is 13.2 Å². The maximum atomic E-state index is 12.6. The Balaban J connectivity index is 1.83. The summed E-state index contributed by atoms with van der Waals surface area (Å²) in [7, 11) is 4.06. The lowest BCUT2D eigenvalue weighted by molar-refractivity contribution is -0.137. The van der Waals surface area contributed by atoms with E-state index in [-0.39, 0.29) is 0 Å². The molecule has 0 saturated heterocycles. The first-order chi connectivity index (χ1) is 9.38. The number of hydrogen-bond donors (Lipinski definition) is 0. The van der Waals surface area contributed by atoms with Gasteiger partial charge >= 0.3 is 6.18 Å². The summed E-state index contributed by atoms with van der Waals surface area (Å²) in [5, 5.41) is 0. The Labute approximate surface area is 116 Å². The Bertz CT molecular complexity index is 591. The van der Waals surface area contributed by atoms with Crippen molar-refractivity contribution in [3.05, 3.63) is 52.6 Å². The summed E-state index contributed by atoms with van der Waals surface area (Å²) in [5.41, 5.74) is 4.21. The Kier molecular flexibility index (Phi) is 3.01. The van der Waals surface area contributed by atoms with Crippen LogP contribution in [-0.4, -0.2) is 25.5 Å². The molecule has 1 nitrogen and oxygen atoms in total. The summed E-state index contributed by atoms with van der Waals surface area (Å²) in [6, 6.07) is 5.49. The van der Waals surface area contributed by atoms with Crippen molar-refractivity contribution in [2.45, 2.75) is 12.6 Å². The Morgan fingerprint density at radius 3 is 2.35 bits per heavy atom. The molecule has 0 fully saturated rings. The highest BCUT2D eigenvalue weighted by Gasteiger charge is 2.41. The molecule has 1 aromatic carbocycles. The van der Waals surface area contributed by atoms with Crippen LogP contribution in [0.1, 0.15) is 17.5 Å². The van der Waals surface area contributed by atoms with Crippen LogP contribution in [0.2, 0.25) is 0 Å². The third kappa shape index (κ3) is 2.29. The van der Waals surface area contributed by atoms with Crippen LogP contribution in [0.5, 0.6) is 0 Å². The van der Waals surface area contributed by atoms with Gasteiger partial charge in [-0.25, -0.2) is 0 Å². The van der Waals surface area contributed by atoms with Crippen molar-refractivity contribution < 1.29 is 13.2 Å². The van der Waals surface area contributed by atoms with E-state index in [2.05, 4.69) is 11.0 Å². The lowest BCUT2D eigenvalue weighted by atomic mass is 10.0. The number of rotatable bonds is 3. The molecule has 0 aliphatic heterocycles. The molecule has 0 bridgehead atoms. The van der Waals surface area contributed by atoms with E-state index >= 15 is 0 Å². The molecular formula is C16H16F3N. The zero-order chi connectivity index (χ0) is 14.5. The van der Waals surface area contributed by atoms with Crippen LogP contribution in [-0.2, 0) is 6.18 Å². The molecule has 1 unspecified atom stereocenters. The predicted octanol–water partition coefficient (Wildman–Crippen LogP) is 3.98. The van der Waals surface area contributed by atoms with Crippen molar-refractivity contribution in [1.82, 2.24) is 4.90 Å². The van der Waals surface area contributed by atoms with E-state index in [4.69, 9.17) is 0 Å². The van der Waals surface area contributed by atoms with E-state index < -0.39 is 11.7 Å². The topological polar surface area (TPSA) is 3.24 Å². The largest absolute Gasteiger partial charge is 0.416 e. The first-order valence-electron chi connectivity index (χ1n) is 6.64. The molecule has 0 aromatic heterocycles. The van der Waals surface area contributed by atoms with Gasteiger partial charge in [0.2, 0.25) is 0 Å². The fourth-order valence-electron chi connectivity index (χ4n) is 2.93. The lowest BCUT2D eigenvalue weighted by Gasteiger charge is -2.08. The highest BCUT2D eigenvalue weighted by atomic mass is 19.4. The quantitative estimate of drug-likeness (QED) is 0.809. The van der Waals surface area contributed by atoms with Gasteiger partial charge in [0.15, 0.2) is 0 Å². The van der Waals surface area contributed by atoms with Crippen LogP contribution in [0.15, 0.2) is 41.5 Å². The van der Waals surface area contributed by atoms with Crippen LogP contribution in [0.3, 0.4) is 0 Å². The van der Waals surface area contributed by atoms with Crippen molar-refractivity contribution in [3.63, 3.8) is 0 Å². The van der Waals surface area contributed by atoms with Gasteiger partial charge in [-0.3, -0.25) is 0 Å². The molecule has 0 saturated carbocycles. The summed E-state index contributed by atoms with van der Waals surface area (Å²) < 4.78 is 37.7. The number of alkyl halides is 3. The molecule has 2 aliphatic rings. The average Bonchev–Trinajstić information content (AvgIpc) is 2.85. The number of benzene rings is 1. The summed E-state index contributed by atoms with van der Waals surface area (Å²) in [6.45, 7) is 0.942. The van der Waals surface area contributed by atoms with Gasteiger partial charge in [-0.05, 0) is 54.9 Å². The second-order valence-electron chi connectivity index (χ2n) is 5.66. The summed E-state index contributed by atoms with van der Waals surface area (Å²) in [4.78, 5) is 2.13. The zero-order valence-electron chi connectivity index (χ0n) is 11.5. The van der Waals surface area contributed by atoms with E-state index in [9.17, 15) is 13.2 Å². The van der Waals surface area contributed by atoms with Crippen molar-refractivity contribution in [2.75, 3.05) is 20.6 Å². The third-order valence-corrected chi connectivity index (χ3v) is 3.89. The molecule has 1 aromatic rings. The number of fused-ring (bicyclic) bond motifs is 1. The van der Waals surface area contributed by atoms with Crippen molar-refractivity contribution in [3.8, 4) is 0 Å². The summed E-state index contributed by atoms with van der Waals surface area (Å²) in [6.07, 6.45) is -1.13. The highest BCUT2D eigenvalue weighted by molar-refractivity contribution is 5.89. The fraction of sp³-hybridized carbons (Fsp3) is 0.375. The fourth-order valence-corrected chi connectivity index (χ4v) is 2.93. The Morgan fingerprint density at radius 2 is 1.80 bits per heavy atom.